The third-order valence-electron chi connectivity index (χ3n) is 3.24. The van der Waals surface area contributed by atoms with E-state index >= 15 is 0 Å². The van der Waals surface area contributed by atoms with Gasteiger partial charge in [0.05, 0.1) is 22.2 Å². The first kappa shape index (κ1) is 14.9. The predicted octanol–water partition coefficient (Wildman–Crippen LogP) is 1.17. The van der Waals surface area contributed by atoms with Crippen molar-refractivity contribution >= 4 is 32.5 Å². The normalized spacial score (nSPS) is 11.5. The van der Waals surface area contributed by atoms with Crippen molar-refractivity contribution in [3.8, 4) is 5.75 Å². The number of nitrogens with two attached hydrogens (primary N) is 1. The summed E-state index contributed by atoms with van der Waals surface area (Å²) in [6, 6.07) is 8.19. The highest BCUT2D eigenvalue weighted by Crippen LogP contribution is 2.24. The molecular weight excluding hydrogens is 320 g/mol. The molecule has 0 fully saturated rings. The number of fused-ring (bicyclic) bond motifs is 1. The van der Waals surface area contributed by atoms with Crippen molar-refractivity contribution in [1.29, 1.82) is 0 Å². The van der Waals surface area contributed by atoms with E-state index in [4.69, 9.17) is 5.73 Å². The maximum Gasteiger partial charge on any atom is 0.261 e. The molecule has 1 amide bonds. The molecule has 3 rings (SSSR count). The molecule has 0 aliphatic rings. The van der Waals surface area contributed by atoms with E-state index in [9.17, 15) is 18.3 Å². The van der Waals surface area contributed by atoms with Crippen molar-refractivity contribution in [2.24, 2.45) is 5.73 Å². The predicted molar refractivity (Wildman–Crippen MR) is 83.5 cm³/mol. The van der Waals surface area contributed by atoms with Gasteiger partial charge in [-0.25, -0.2) is 8.42 Å². The summed E-state index contributed by atoms with van der Waals surface area (Å²) in [5, 5.41) is 16.9. The first-order chi connectivity index (χ1) is 10.9. The number of sulfonamides is 1. The maximum absolute atomic E-state index is 12.4. The van der Waals surface area contributed by atoms with E-state index in [-0.39, 0.29) is 16.2 Å². The molecule has 3 aromatic rings. The van der Waals surface area contributed by atoms with Gasteiger partial charge >= 0.3 is 0 Å². The minimum Gasteiger partial charge on any atom is -0.507 e. The van der Waals surface area contributed by atoms with Gasteiger partial charge in [-0.3, -0.25) is 14.6 Å². The zero-order chi connectivity index (χ0) is 16.6. The molecule has 0 aliphatic carbocycles. The van der Waals surface area contributed by atoms with Crippen LogP contribution in [0.15, 0.2) is 47.5 Å². The molecule has 0 unspecified atom stereocenters. The topological polar surface area (TPSA) is 138 Å². The third-order valence-corrected chi connectivity index (χ3v) is 4.62. The second-order valence-electron chi connectivity index (χ2n) is 4.82. The molecule has 0 saturated carbocycles. The van der Waals surface area contributed by atoms with Crippen LogP contribution in [0, 0.1) is 0 Å². The van der Waals surface area contributed by atoms with Crippen LogP contribution in [-0.4, -0.2) is 29.6 Å². The first-order valence-electron chi connectivity index (χ1n) is 6.45. The summed E-state index contributed by atoms with van der Waals surface area (Å²) in [6.45, 7) is 0. The number of anilines is 1. The zero-order valence-electron chi connectivity index (χ0n) is 11.6. The van der Waals surface area contributed by atoms with E-state index in [1.54, 1.807) is 24.4 Å². The van der Waals surface area contributed by atoms with Gasteiger partial charge in [0.15, 0.2) is 0 Å². The highest BCUT2D eigenvalue weighted by atomic mass is 32.2. The number of amides is 1. The summed E-state index contributed by atoms with van der Waals surface area (Å²) in [5.41, 5.74) is 5.95. The Labute approximate surface area is 131 Å². The number of hydrogen-bond acceptors (Lipinski definition) is 5. The van der Waals surface area contributed by atoms with E-state index in [0.717, 1.165) is 23.0 Å². The summed E-state index contributed by atoms with van der Waals surface area (Å²) in [7, 11) is -3.94. The molecule has 0 atom stereocenters. The Balaban J connectivity index is 1.98. The fourth-order valence-corrected chi connectivity index (χ4v) is 3.18. The summed E-state index contributed by atoms with van der Waals surface area (Å²) < 4.78 is 27.2. The number of H-pyrrole nitrogens is 1. The molecule has 1 aromatic heterocycles. The molecular formula is C14H12N4O4S. The highest BCUT2D eigenvalue weighted by Gasteiger charge is 2.18. The van der Waals surface area contributed by atoms with Gasteiger partial charge in [-0.2, -0.15) is 5.10 Å². The minimum absolute atomic E-state index is 0.184. The lowest BCUT2D eigenvalue weighted by atomic mass is 10.2. The molecule has 0 saturated heterocycles. The summed E-state index contributed by atoms with van der Waals surface area (Å²) in [5.74, 6) is -1.30. The number of phenols is 1. The van der Waals surface area contributed by atoms with E-state index in [1.807, 2.05) is 0 Å². The quantitative estimate of drug-likeness (QED) is 0.568. The van der Waals surface area contributed by atoms with Crippen LogP contribution in [0.25, 0.3) is 10.9 Å². The molecule has 1 heterocycles. The molecule has 0 aliphatic heterocycles. The Bertz CT molecular complexity index is 1010. The Kier molecular flexibility index (Phi) is 3.41. The average Bonchev–Trinajstić information content (AvgIpc) is 2.94. The number of nitrogens with zero attached hydrogens (tertiary/aromatic N) is 1. The largest absolute Gasteiger partial charge is 0.507 e. The van der Waals surface area contributed by atoms with Crippen LogP contribution in [0.5, 0.6) is 5.75 Å². The van der Waals surface area contributed by atoms with Crippen molar-refractivity contribution in [2.75, 3.05) is 4.72 Å². The number of primary amides is 1. The molecule has 0 bridgehead atoms. The number of nitrogens with one attached hydrogen (secondary N) is 2. The molecule has 0 spiro atoms. The lowest BCUT2D eigenvalue weighted by Crippen LogP contribution is -2.16. The molecule has 2 aromatic carbocycles. The molecule has 9 heteroatoms. The lowest BCUT2D eigenvalue weighted by Gasteiger charge is -2.09. The molecule has 23 heavy (non-hydrogen) atoms. The highest BCUT2D eigenvalue weighted by molar-refractivity contribution is 7.92. The summed E-state index contributed by atoms with van der Waals surface area (Å²) in [6.07, 6.45) is 1.57. The van der Waals surface area contributed by atoms with Crippen molar-refractivity contribution in [2.45, 2.75) is 4.90 Å². The maximum atomic E-state index is 12.4. The SMILES string of the molecule is NC(=O)c1cc(S(=O)(=O)Nc2ccc3[nH]ncc3c2)ccc1O. The second-order valence-corrected chi connectivity index (χ2v) is 6.50. The van der Waals surface area contributed by atoms with Gasteiger partial charge in [-0.15, -0.1) is 0 Å². The fraction of sp³-hybridized carbons (Fsp3) is 0. The van der Waals surface area contributed by atoms with Gasteiger partial charge in [0.1, 0.15) is 5.75 Å². The average molecular weight is 332 g/mol. The standard InChI is InChI=1S/C14H12N4O4S/c15-14(20)11-6-10(2-4-13(11)19)23(21,22)18-9-1-3-12-8(5-9)7-16-17-12/h1-7,18-19H,(H2,15,20)(H,16,17). The summed E-state index contributed by atoms with van der Waals surface area (Å²) >= 11 is 0. The number of carbonyl (C=O) groups is 1. The van der Waals surface area contributed by atoms with Crippen LogP contribution in [0.4, 0.5) is 5.69 Å². The van der Waals surface area contributed by atoms with Gasteiger partial charge in [0.25, 0.3) is 15.9 Å². The second kappa shape index (κ2) is 5.29. The minimum atomic E-state index is -3.94. The van der Waals surface area contributed by atoms with Crippen molar-refractivity contribution in [1.82, 2.24) is 10.2 Å². The third kappa shape index (κ3) is 2.81. The molecule has 0 radical (unpaired) electrons. The number of aromatic nitrogens is 2. The van der Waals surface area contributed by atoms with Crippen LogP contribution < -0.4 is 10.5 Å². The van der Waals surface area contributed by atoms with Gasteiger partial charge in [0, 0.05) is 11.1 Å². The first-order valence-corrected chi connectivity index (χ1v) is 7.94. The summed E-state index contributed by atoms with van der Waals surface area (Å²) in [4.78, 5) is 11.0. The number of carbonyl (C=O) groups excluding carboxylic acids is 1. The number of aromatic hydroxyl groups is 1. The molecule has 5 N–H and O–H groups in total. The van der Waals surface area contributed by atoms with Crippen LogP contribution in [0.1, 0.15) is 10.4 Å². The van der Waals surface area contributed by atoms with Crippen LogP contribution in [0.2, 0.25) is 0 Å². The van der Waals surface area contributed by atoms with Crippen molar-refractivity contribution < 1.29 is 18.3 Å². The number of rotatable bonds is 4. The van der Waals surface area contributed by atoms with Crippen LogP contribution >= 0.6 is 0 Å². The smallest absolute Gasteiger partial charge is 0.261 e. The fourth-order valence-electron chi connectivity index (χ4n) is 2.10. The molecule has 118 valence electrons. The Hall–Kier alpha value is -3.07. The number of hydrogen-bond donors (Lipinski definition) is 4. The monoisotopic (exact) mass is 332 g/mol. The van der Waals surface area contributed by atoms with Gasteiger partial charge in [-0.05, 0) is 36.4 Å². The van der Waals surface area contributed by atoms with E-state index in [2.05, 4.69) is 14.9 Å². The van der Waals surface area contributed by atoms with Crippen LogP contribution in [-0.2, 0) is 10.0 Å². The van der Waals surface area contributed by atoms with E-state index in [1.165, 1.54) is 6.07 Å². The number of benzene rings is 2. The Morgan fingerprint density at radius 1 is 1.22 bits per heavy atom. The van der Waals surface area contributed by atoms with E-state index in [0.29, 0.717) is 5.69 Å². The zero-order valence-corrected chi connectivity index (χ0v) is 12.5. The van der Waals surface area contributed by atoms with Crippen molar-refractivity contribution in [3.05, 3.63) is 48.2 Å². The Morgan fingerprint density at radius 2 is 2.00 bits per heavy atom. The van der Waals surface area contributed by atoms with Crippen LogP contribution in [0.3, 0.4) is 0 Å². The van der Waals surface area contributed by atoms with Gasteiger partial charge in [-0.1, -0.05) is 0 Å². The molecule has 8 nitrogen and oxygen atoms in total. The lowest BCUT2D eigenvalue weighted by molar-refractivity contribution is 0.0997. The van der Waals surface area contributed by atoms with Gasteiger partial charge in [0.2, 0.25) is 0 Å². The number of aromatic amines is 1. The van der Waals surface area contributed by atoms with Crippen molar-refractivity contribution in [3.63, 3.8) is 0 Å². The van der Waals surface area contributed by atoms with Gasteiger partial charge < -0.3 is 10.8 Å². The Morgan fingerprint density at radius 3 is 2.74 bits per heavy atom. The van der Waals surface area contributed by atoms with E-state index < -0.39 is 15.9 Å².